The van der Waals surface area contributed by atoms with Crippen LogP contribution in [0.5, 0.6) is 0 Å². The molecule has 0 saturated heterocycles. The summed E-state index contributed by atoms with van der Waals surface area (Å²) in [5.41, 5.74) is 2.29. The Hall–Kier alpha value is -2.20. The molecule has 0 atom stereocenters. The van der Waals surface area contributed by atoms with E-state index in [9.17, 15) is 0 Å². The molecule has 0 amide bonds. The summed E-state index contributed by atoms with van der Waals surface area (Å²) in [5.74, 6) is 1.05. The Kier molecular flexibility index (Phi) is 3.25. The van der Waals surface area contributed by atoms with E-state index in [1.54, 1.807) is 0 Å². The maximum Gasteiger partial charge on any atom is 0.122 e. The van der Waals surface area contributed by atoms with Crippen LogP contribution in [0.3, 0.4) is 0 Å². The molecule has 2 aromatic heterocycles. The Bertz CT molecular complexity index is 687. The number of benzene rings is 1. The molecule has 0 fully saturated rings. The standard InChI is InChI=1S/C15H16N4/c1-16-10-15-18-7-8-19(15)11-12-4-5-14-13(9-12)3-2-6-17-14/h2-9,16H,10-11H2,1H3. The molecule has 4 nitrogen and oxygen atoms in total. The minimum Gasteiger partial charge on any atom is -0.329 e. The molecule has 1 N–H and O–H groups in total. The normalized spacial score (nSPS) is 11.0. The molecule has 96 valence electrons. The Balaban J connectivity index is 1.90. The van der Waals surface area contributed by atoms with Gasteiger partial charge >= 0.3 is 0 Å². The lowest BCUT2D eigenvalue weighted by molar-refractivity contribution is 0.673. The van der Waals surface area contributed by atoms with Gasteiger partial charge < -0.3 is 9.88 Å². The highest BCUT2D eigenvalue weighted by Crippen LogP contribution is 2.14. The van der Waals surface area contributed by atoms with Crippen LogP contribution in [0, 0.1) is 0 Å². The molecule has 0 spiro atoms. The molecule has 3 aromatic rings. The molecule has 3 rings (SSSR count). The second kappa shape index (κ2) is 5.20. The van der Waals surface area contributed by atoms with E-state index in [-0.39, 0.29) is 0 Å². The summed E-state index contributed by atoms with van der Waals surface area (Å²) in [6.07, 6.45) is 5.68. The monoisotopic (exact) mass is 252 g/mol. The van der Waals surface area contributed by atoms with E-state index in [2.05, 4.69) is 44.1 Å². The molecule has 0 aliphatic heterocycles. The number of aromatic nitrogens is 3. The fourth-order valence-corrected chi connectivity index (χ4v) is 2.23. The fourth-order valence-electron chi connectivity index (χ4n) is 2.23. The largest absolute Gasteiger partial charge is 0.329 e. The number of hydrogen-bond acceptors (Lipinski definition) is 3. The van der Waals surface area contributed by atoms with Crippen molar-refractivity contribution >= 4 is 10.9 Å². The lowest BCUT2D eigenvalue weighted by Gasteiger charge is -2.08. The van der Waals surface area contributed by atoms with Gasteiger partial charge in [0.05, 0.1) is 12.1 Å². The summed E-state index contributed by atoms with van der Waals surface area (Å²) in [5, 5.41) is 4.31. The molecule has 0 aliphatic carbocycles. The molecule has 0 saturated carbocycles. The number of imidazole rings is 1. The second-order valence-corrected chi connectivity index (χ2v) is 4.53. The van der Waals surface area contributed by atoms with Crippen molar-refractivity contribution in [3.8, 4) is 0 Å². The van der Waals surface area contributed by atoms with Crippen LogP contribution in [-0.4, -0.2) is 21.6 Å². The summed E-state index contributed by atoms with van der Waals surface area (Å²) in [4.78, 5) is 8.69. The van der Waals surface area contributed by atoms with Gasteiger partial charge in [0.2, 0.25) is 0 Å². The van der Waals surface area contributed by atoms with Gasteiger partial charge in [0.1, 0.15) is 5.82 Å². The molecule has 4 heteroatoms. The van der Waals surface area contributed by atoms with Crippen molar-refractivity contribution in [2.45, 2.75) is 13.1 Å². The number of pyridine rings is 1. The number of hydrogen-bond donors (Lipinski definition) is 1. The summed E-state index contributed by atoms with van der Waals surface area (Å²) in [6, 6.07) is 10.4. The number of nitrogens with one attached hydrogen (secondary N) is 1. The highest BCUT2D eigenvalue weighted by molar-refractivity contribution is 5.78. The van der Waals surface area contributed by atoms with Crippen molar-refractivity contribution in [3.63, 3.8) is 0 Å². The lowest BCUT2D eigenvalue weighted by atomic mass is 10.1. The van der Waals surface area contributed by atoms with Gasteiger partial charge in [0, 0.05) is 30.5 Å². The molecule has 0 bridgehead atoms. The smallest absolute Gasteiger partial charge is 0.122 e. The van der Waals surface area contributed by atoms with Gasteiger partial charge in [0.15, 0.2) is 0 Å². The highest BCUT2D eigenvalue weighted by atomic mass is 15.1. The van der Waals surface area contributed by atoms with Gasteiger partial charge in [0.25, 0.3) is 0 Å². The Morgan fingerprint density at radius 1 is 1.16 bits per heavy atom. The van der Waals surface area contributed by atoms with Gasteiger partial charge in [-0.1, -0.05) is 12.1 Å². The summed E-state index contributed by atoms with van der Waals surface area (Å²) >= 11 is 0. The molecular formula is C15H16N4. The molecule has 2 heterocycles. The van der Waals surface area contributed by atoms with E-state index in [1.807, 2.05) is 31.7 Å². The van der Waals surface area contributed by atoms with Crippen molar-refractivity contribution in [1.29, 1.82) is 0 Å². The zero-order valence-electron chi connectivity index (χ0n) is 10.9. The average Bonchev–Trinajstić information content (AvgIpc) is 2.86. The Morgan fingerprint density at radius 2 is 2.11 bits per heavy atom. The molecule has 1 aromatic carbocycles. The first-order valence-corrected chi connectivity index (χ1v) is 6.35. The zero-order chi connectivity index (χ0) is 13.1. The first kappa shape index (κ1) is 11.9. The van der Waals surface area contributed by atoms with E-state index in [0.29, 0.717) is 0 Å². The van der Waals surface area contributed by atoms with Gasteiger partial charge in [-0.3, -0.25) is 4.98 Å². The number of nitrogens with zero attached hydrogens (tertiary/aromatic N) is 3. The third-order valence-corrected chi connectivity index (χ3v) is 3.16. The minimum atomic E-state index is 0.780. The zero-order valence-corrected chi connectivity index (χ0v) is 10.9. The SMILES string of the molecule is CNCc1nccn1Cc1ccc2ncccc2c1. The van der Waals surface area contributed by atoms with Crippen molar-refractivity contribution in [2.24, 2.45) is 0 Å². The average molecular weight is 252 g/mol. The van der Waals surface area contributed by atoms with Crippen LogP contribution in [-0.2, 0) is 13.1 Å². The van der Waals surface area contributed by atoms with Crippen molar-refractivity contribution in [2.75, 3.05) is 7.05 Å². The Morgan fingerprint density at radius 3 is 3.00 bits per heavy atom. The van der Waals surface area contributed by atoms with E-state index in [1.165, 1.54) is 10.9 Å². The molecule has 19 heavy (non-hydrogen) atoms. The van der Waals surface area contributed by atoms with Crippen molar-refractivity contribution in [1.82, 2.24) is 19.9 Å². The maximum absolute atomic E-state index is 4.35. The topological polar surface area (TPSA) is 42.7 Å². The van der Waals surface area contributed by atoms with Crippen LogP contribution in [0.4, 0.5) is 0 Å². The predicted molar refractivity (Wildman–Crippen MR) is 75.8 cm³/mol. The van der Waals surface area contributed by atoms with E-state index in [0.717, 1.165) is 24.4 Å². The van der Waals surface area contributed by atoms with Crippen LogP contribution in [0.15, 0.2) is 48.9 Å². The van der Waals surface area contributed by atoms with Crippen LogP contribution in [0.25, 0.3) is 10.9 Å². The molecular weight excluding hydrogens is 236 g/mol. The quantitative estimate of drug-likeness (QED) is 0.774. The van der Waals surface area contributed by atoms with Gasteiger partial charge in [-0.25, -0.2) is 4.98 Å². The maximum atomic E-state index is 4.35. The highest BCUT2D eigenvalue weighted by Gasteiger charge is 2.03. The van der Waals surface area contributed by atoms with E-state index < -0.39 is 0 Å². The summed E-state index contributed by atoms with van der Waals surface area (Å²) < 4.78 is 2.16. The van der Waals surface area contributed by atoms with Gasteiger partial charge in [-0.15, -0.1) is 0 Å². The first-order chi connectivity index (χ1) is 9.36. The predicted octanol–water partition coefficient (Wildman–Crippen LogP) is 2.20. The first-order valence-electron chi connectivity index (χ1n) is 6.35. The Labute approximate surface area is 112 Å². The number of rotatable bonds is 4. The minimum absolute atomic E-state index is 0.780. The van der Waals surface area contributed by atoms with Crippen molar-refractivity contribution < 1.29 is 0 Å². The summed E-state index contributed by atoms with van der Waals surface area (Å²) in [6.45, 7) is 1.62. The van der Waals surface area contributed by atoms with Gasteiger partial charge in [-0.2, -0.15) is 0 Å². The van der Waals surface area contributed by atoms with Crippen molar-refractivity contribution in [3.05, 3.63) is 60.3 Å². The third kappa shape index (κ3) is 2.48. The van der Waals surface area contributed by atoms with Crippen LogP contribution in [0.1, 0.15) is 11.4 Å². The molecule has 0 unspecified atom stereocenters. The fraction of sp³-hybridized carbons (Fsp3) is 0.200. The number of fused-ring (bicyclic) bond motifs is 1. The lowest BCUT2D eigenvalue weighted by Crippen LogP contribution is -2.12. The van der Waals surface area contributed by atoms with E-state index in [4.69, 9.17) is 0 Å². The van der Waals surface area contributed by atoms with Crippen LogP contribution in [0.2, 0.25) is 0 Å². The van der Waals surface area contributed by atoms with E-state index >= 15 is 0 Å². The summed E-state index contributed by atoms with van der Waals surface area (Å²) in [7, 11) is 1.93. The molecule has 0 radical (unpaired) electrons. The third-order valence-electron chi connectivity index (χ3n) is 3.16. The molecule has 0 aliphatic rings. The van der Waals surface area contributed by atoms with Crippen LogP contribution < -0.4 is 5.32 Å². The second-order valence-electron chi connectivity index (χ2n) is 4.53. The van der Waals surface area contributed by atoms with Gasteiger partial charge in [-0.05, 0) is 30.8 Å². The van der Waals surface area contributed by atoms with Crippen LogP contribution >= 0.6 is 0 Å².